The molecule has 2 N–H and O–H groups in total. The topological polar surface area (TPSA) is 54.9 Å². The molecule has 5 nitrogen and oxygen atoms in total. The highest BCUT2D eigenvalue weighted by Crippen LogP contribution is 2.40. The van der Waals surface area contributed by atoms with Crippen molar-refractivity contribution in [3.63, 3.8) is 0 Å². The van der Waals surface area contributed by atoms with Gasteiger partial charge in [-0.05, 0) is 50.3 Å². The van der Waals surface area contributed by atoms with Crippen LogP contribution in [0, 0.1) is 0 Å². The van der Waals surface area contributed by atoms with E-state index in [9.17, 15) is 0 Å². The van der Waals surface area contributed by atoms with Gasteiger partial charge in [-0.15, -0.1) is 24.0 Å². The van der Waals surface area contributed by atoms with Crippen molar-refractivity contribution in [3.05, 3.63) is 34.3 Å². The molecule has 1 saturated carbocycles. The molecule has 2 aliphatic rings. The average molecular weight is 552 g/mol. The molecule has 0 bridgehead atoms. The van der Waals surface area contributed by atoms with E-state index in [4.69, 9.17) is 9.47 Å². The van der Waals surface area contributed by atoms with E-state index < -0.39 is 0 Å². The van der Waals surface area contributed by atoms with E-state index in [-0.39, 0.29) is 24.0 Å². The first-order valence-corrected chi connectivity index (χ1v) is 10.5. The fraction of sp³-hybridized carbons (Fsp3) is 0.650. The van der Waals surface area contributed by atoms with Gasteiger partial charge in [0, 0.05) is 42.7 Å². The van der Waals surface area contributed by atoms with Gasteiger partial charge in [0.15, 0.2) is 5.96 Å². The van der Waals surface area contributed by atoms with Crippen LogP contribution in [0.3, 0.4) is 0 Å². The van der Waals surface area contributed by atoms with Crippen LogP contribution in [0.25, 0.3) is 0 Å². The Kier molecular flexibility index (Phi) is 10.4. The maximum atomic E-state index is 5.70. The van der Waals surface area contributed by atoms with Crippen LogP contribution in [0.4, 0.5) is 0 Å². The second-order valence-electron chi connectivity index (χ2n) is 6.97. The molecule has 0 amide bonds. The van der Waals surface area contributed by atoms with Gasteiger partial charge in [-0.25, -0.2) is 0 Å². The van der Waals surface area contributed by atoms with Crippen molar-refractivity contribution in [3.8, 4) is 0 Å². The number of hydrogen-bond acceptors (Lipinski definition) is 3. The first-order valence-electron chi connectivity index (χ1n) is 9.76. The quantitative estimate of drug-likeness (QED) is 0.210. The van der Waals surface area contributed by atoms with Crippen LogP contribution in [-0.4, -0.2) is 51.0 Å². The van der Waals surface area contributed by atoms with Crippen LogP contribution in [0.15, 0.2) is 33.7 Å². The molecule has 1 aromatic rings. The average Bonchev–Trinajstić information content (AvgIpc) is 3.20. The third-order valence-electron chi connectivity index (χ3n) is 4.80. The summed E-state index contributed by atoms with van der Waals surface area (Å²) in [5.41, 5.74) is 1.39. The molecule has 1 saturated heterocycles. The number of rotatable bonds is 9. The SMILES string of the molecule is CCNC(=NCCCOCC1CCCO1)NC1CC1c1ccc(Br)cc1.I. The lowest BCUT2D eigenvalue weighted by atomic mass is 10.1. The highest BCUT2D eigenvalue weighted by atomic mass is 127. The molecule has 152 valence electrons. The number of nitrogens with one attached hydrogen (secondary N) is 2. The maximum absolute atomic E-state index is 5.70. The molecule has 1 aromatic carbocycles. The minimum Gasteiger partial charge on any atom is -0.379 e. The molecule has 2 fully saturated rings. The number of nitrogens with zero attached hydrogens (tertiary/aromatic N) is 1. The van der Waals surface area contributed by atoms with Crippen LogP contribution >= 0.6 is 39.9 Å². The Morgan fingerprint density at radius 2 is 2.15 bits per heavy atom. The van der Waals surface area contributed by atoms with E-state index >= 15 is 0 Å². The van der Waals surface area contributed by atoms with Crippen LogP contribution in [-0.2, 0) is 9.47 Å². The minimum absolute atomic E-state index is 0. The monoisotopic (exact) mass is 551 g/mol. The predicted molar refractivity (Wildman–Crippen MR) is 124 cm³/mol. The van der Waals surface area contributed by atoms with Gasteiger partial charge in [-0.3, -0.25) is 4.99 Å². The van der Waals surface area contributed by atoms with Crippen molar-refractivity contribution in [2.75, 3.05) is 32.9 Å². The third kappa shape index (κ3) is 7.87. The molecule has 3 rings (SSSR count). The van der Waals surface area contributed by atoms with Crippen molar-refractivity contribution in [1.82, 2.24) is 10.6 Å². The summed E-state index contributed by atoms with van der Waals surface area (Å²) in [7, 11) is 0. The lowest BCUT2D eigenvalue weighted by Gasteiger charge is -2.12. The third-order valence-corrected chi connectivity index (χ3v) is 5.33. The van der Waals surface area contributed by atoms with E-state index in [2.05, 4.69) is 62.7 Å². The van der Waals surface area contributed by atoms with Gasteiger partial charge in [0.2, 0.25) is 0 Å². The van der Waals surface area contributed by atoms with E-state index in [1.165, 1.54) is 12.0 Å². The lowest BCUT2D eigenvalue weighted by molar-refractivity contribution is 0.0171. The molecule has 0 radical (unpaired) electrons. The minimum atomic E-state index is 0. The Bertz CT molecular complexity index is 579. The molecular weight excluding hydrogens is 521 g/mol. The smallest absolute Gasteiger partial charge is 0.191 e. The Balaban J connectivity index is 0.00000261. The fourth-order valence-electron chi connectivity index (χ4n) is 3.28. The largest absolute Gasteiger partial charge is 0.379 e. The second-order valence-corrected chi connectivity index (χ2v) is 7.88. The number of hydrogen-bond donors (Lipinski definition) is 2. The summed E-state index contributed by atoms with van der Waals surface area (Å²) in [6.45, 7) is 6.10. The fourth-order valence-corrected chi connectivity index (χ4v) is 3.54. The van der Waals surface area contributed by atoms with E-state index in [1.54, 1.807) is 0 Å². The number of ether oxygens (including phenoxy) is 2. The molecule has 0 aromatic heterocycles. The summed E-state index contributed by atoms with van der Waals surface area (Å²) >= 11 is 3.49. The van der Waals surface area contributed by atoms with Gasteiger partial charge in [0.1, 0.15) is 0 Å². The zero-order valence-electron chi connectivity index (χ0n) is 16.0. The number of halogens is 2. The number of guanidine groups is 1. The van der Waals surface area contributed by atoms with Gasteiger partial charge in [-0.1, -0.05) is 28.1 Å². The molecule has 27 heavy (non-hydrogen) atoms. The lowest BCUT2D eigenvalue weighted by Crippen LogP contribution is -2.39. The maximum Gasteiger partial charge on any atom is 0.191 e. The Hall–Kier alpha value is -0.380. The second kappa shape index (κ2) is 12.2. The van der Waals surface area contributed by atoms with Crippen LogP contribution < -0.4 is 10.6 Å². The summed E-state index contributed by atoms with van der Waals surface area (Å²) in [5.74, 6) is 1.50. The molecule has 0 spiro atoms. The van der Waals surface area contributed by atoms with Gasteiger partial charge in [-0.2, -0.15) is 0 Å². The summed E-state index contributed by atoms with van der Waals surface area (Å²) in [4.78, 5) is 4.68. The molecule has 7 heteroatoms. The summed E-state index contributed by atoms with van der Waals surface area (Å²) < 4.78 is 12.4. The highest BCUT2D eigenvalue weighted by Gasteiger charge is 2.38. The van der Waals surface area contributed by atoms with E-state index in [0.717, 1.165) is 62.6 Å². The molecule has 3 unspecified atom stereocenters. The first-order chi connectivity index (χ1) is 12.8. The Morgan fingerprint density at radius 3 is 2.85 bits per heavy atom. The zero-order chi connectivity index (χ0) is 18.2. The zero-order valence-corrected chi connectivity index (χ0v) is 19.9. The van der Waals surface area contributed by atoms with Crippen molar-refractivity contribution >= 4 is 45.9 Å². The highest BCUT2D eigenvalue weighted by molar-refractivity contribution is 14.0. The van der Waals surface area contributed by atoms with Crippen LogP contribution in [0.5, 0.6) is 0 Å². The Labute approximate surface area is 188 Å². The van der Waals surface area contributed by atoms with Gasteiger partial charge < -0.3 is 20.1 Å². The summed E-state index contributed by atoms with van der Waals surface area (Å²) in [6, 6.07) is 9.10. The van der Waals surface area contributed by atoms with Crippen molar-refractivity contribution in [1.29, 1.82) is 0 Å². The van der Waals surface area contributed by atoms with E-state index in [1.807, 2.05) is 0 Å². The standard InChI is InChI=1S/C20H30BrN3O2.HI/c1-2-22-20(23-10-4-11-25-14-17-5-3-12-26-17)24-19-13-18(19)15-6-8-16(21)9-7-15;/h6-9,17-19H,2-5,10-14H2,1H3,(H2,22,23,24);1H. The van der Waals surface area contributed by atoms with Gasteiger partial charge in [0.25, 0.3) is 0 Å². The number of benzene rings is 1. The van der Waals surface area contributed by atoms with Crippen LogP contribution in [0.2, 0.25) is 0 Å². The van der Waals surface area contributed by atoms with Gasteiger partial charge >= 0.3 is 0 Å². The summed E-state index contributed by atoms with van der Waals surface area (Å²) in [5, 5.41) is 6.90. The van der Waals surface area contributed by atoms with Gasteiger partial charge in [0.05, 0.1) is 12.7 Å². The van der Waals surface area contributed by atoms with E-state index in [0.29, 0.717) is 18.1 Å². The first kappa shape index (κ1) is 22.9. The predicted octanol–water partition coefficient (Wildman–Crippen LogP) is 4.06. The Morgan fingerprint density at radius 1 is 1.33 bits per heavy atom. The number of aliphatic imine (C=N–C) groups is 1. The van der Waals surface area contributed by atoms with Crippen LogP contribution in [0.1, 0.15) is 44.1 Å². The molecule has 3 atom stereocenters. The normalized spacial score (nSPS) is 24.4. The van der Waals surface area contributed by atoms with Crippen molar-refractivity contribution in [2.24, 2.45) is 4.99 Å². The molecule has 1 aliphatic carbocycles. The molecule has 1 heterocycles. The van der Waals surface area contributed by atoms with Crippen molar-refractivity contribution < 1.29 is 9.47 Å². The molecular formula is C20H31BrIN3O2. The summed E-state index contributed by atoms with van der Waals surface area (Å²) in [6.07, 6.45) is 4.70. The van der Waals surface area contributed by atoms with Crippen molar-refractivity contribution in [2.45, 2.75) is 50.7 Å². The molecule has 1 aliphatic heterocycles.